The summed E-state index contributed by atoms with van der Waals surface area (Å²) in [6.45, 7) is 7.29. The van der Waals surface area contributed by atoms with Gasteiger partial charge in [-0.05, 0) is 38.5 Å². The fraction of sp³-hybridized carbons (Fsp3) is 1.00. The molecule has 3 atom stereocenters. The van der Waals surface area contributed by atoms with E-state index in [4.69, 9.17) is 5.11 Å². The van der Waals surface area contributed by atoms with Crippen LogP contribution in [0.4, 0.5) is 0 Å². The Morgan fingerprint density at radius 3 is 2.33 bits per heavy atom. The maximum absolute atomic E-state index is 9.47. The molecule has 0 aromatic carbocycles. The molecule has 0 aromatic heterocycles. The van der Waals surface area contributed by atoms with E-state index in [2.05, 4.69) is 24.1 Å². The standard InChI is InChI=1S/C14H28N2O2/c1-10(2)16-7-11-4-3-5-12(8-16)14(11)15-6-13(18)9-17/h10-15,17-18H,3-9H2,1-2H3. The van der Waals surface area contributed by atoms with Crippen LogP contribution < -0.4 is 5.32 Å². The predicted octanol–water partition coefficient (Wildman–Crippen LogP) is 0.438. The van der Waals surface area contributed by atoms with Gasteiger partial charge in [-0.25, -0.2) is 0 Å². The number of fused-ring (bicyclic) bond motifs is 2. The molecular formula is C14H28N2O2. The van der Waals surface area contributed by atoms with Gasteiger partial charge < -0.3 is 20.4 Å². The van der Waals surface area contributed by atoms with Crippen LogP contribution in [0.3, 0.4) is 0 Å². The van der Waals surface area contributed by atoms with E-state index in [1.165, 1.54) is 32.4 Å². The number of aliphatic hydroxyl groups excluding tert-OH is 2. The van der Waals surface area contributed by atoms with Crippen LogP contribution in [0.25, 0.3) is 0 Å². The maximum Gasteiger partial charge on any atom is 0.0895 e. The van der Waals surface area contributed by atoms with Gasteiger partial charge in [0.2, 0.25) is 0 Å². The van der Waals surface area contributed by atoms with Gasteiger partial charge in [-0.15, -0.1) is 0 Å². The summed E-state index contributed by atoms with van der Waals surface area (Å²) in [7, 11) is 0. The number of nitrogens with zero attached hydrogens (tertiary/aromatic N) is 1. The molecule has 0 radical (unpaired) electrons. The first-order valence-corrected chi connectivity index (χ1v) is 7.38. The monoisotopic (exact) mass is 256 g/mol. The van der Waals surface area contributed by atoms with Crippen molar-refractivity contribution in [2.24, 2.45) is 11.8 Å². The number of hydrogen-bond acceptors (Lipinski definition) is 4. The second kappa shape index (κ2) is 6.33. The van der Waals surface area contributed by atoms with Crippen LogP contribution in [0, 0.1) is 11.8 Å². The fourth-order valence-electron chi connectivity index (χ4n) is 3.56. The van der Waals surface area contributed by atoms with Crippen molar-refractivity contribution >= 4 is 0 Å². The van der Waals surface area contributed by atoms with Crippen molar-refractivity contribution in [2.45, 2.75) is 51.3 Å². The van der Waals surface area contributed by atoms with E-state index in [9.17, 15) is 5.11 Å². The largest absolute Gasteiger partial charge is 0.394 e. The first-order valence-electron chi connectivity index (χ1n) is 7.38. The topological polar surface area (TPSA) is 55.7 Å². The number of nitrogens with one attached hydrogen (secondary N) is 1. The molecular weight excluding hydrogens is 228 g/mol. The third-order valence-corrected chi connectivity index (χ3v) is 4.63. The van der Waals surface area contributed by atoms with E-state index < -0.39 is 6.10 Å². The number of rotatable bonds is 5. The van der Waals surface area contributed by atoms with Crippen LogP contribution >= 0.6 is 0 Å². The molecule has 18 heavy (non-hydrogen) atoms. The van der Waals surface area contributed by atoms with Gasteiger partial charge in [0, 0.05) is 31.7 Å². The van der Waals surface area contributed by atoms with Gasteiger partial charge in [0.05, 0.1) is 12.7 Å². The molecule has 3 N–H and O–H groups in total. The van der Waals surface area contributed by atoms with Crippen molar-refractivity contribution in [3.8, 4) is 0 Å². The normalized spacial score (nSPS) is 34.8. The minimum Gasteiger partial charge on any atom is -0.394 e. The van der Waals surface area contributed by atoms with E-state index in [0.717, 1.165) is 0 Å². The second-order valence-electron chi connectivity index (χ2n) is 6.27. The van der Waals surface area contributed by atoms with Crippen LogP contribution in [0.2, 0.25) is 0 Å². The molecule has 1 heterocycles. The zero-order valence-electron chi connectivity index (χ0n) is 11.7. The van der Waals surface area contributed by atoms with Crippen LogP contribution in [0.1, 0.15) is 33.1 Å². The Hall–Kier alpha value is -0.160. The zero-order valence-corrected chi connectivity index (χ0v) is 11.7. The van der Waals surface area contributed by atoms with Crippen LogP contribution in [-0.2, 0) is 0 Å². The number of aliphatic hydroxyl groups is 2. The first-order chi connectivity index (χ1) is 8.61. The van der Waals surface area contributed by atoms with Crippen molar-refractivity contribution in [3.05, 3.63) is 0 Å². The average Bonchev–Trinajstić information content (AvgIpc) is 2.34. The lowest BCUT2D eigenvalue weighted by molar-refractivity contribution is 0.0194. The summed E-state index contributed by atoms with van der Waals surface area (Å²) in [6.07, 6.45) is 3.33. The Morgan fingerprint density at radius 2 is 1.83 bits per heavy atom. The number of likely N-dealkylation sites (tertiary alicyclic amines) is 1. The Labute approximate surface area is 110 Å². The molecule has 0 aromatic rings. The molecule has 0 amide bonds. The van der Waals surface area contributed by atoms with Crippen molar-refractivity contribution < 1.29 is 10.2 Å². The van der Waals surface area contributed by atoms with E-state index >= 15 is 0 Å². The molecule has 106 valence electrons. The Balaban J connectivity index is 1.91. The van der Waals surface area contributed by atoms with Crippen molar-refractivity contribution in [1.82, 2.24) is 10.2 Å². The lowest BCUT2D eigenvalue weighted by Gasteiger charge is -2.49. The molecule has 4 heteroatoms. The summed E-state index contributed by atoms with van der Waals surface area (Å²) in [5.74, 6) is 1.43. The molecule has 1 aliphatic carbocycles. The number of piperidine rings is 1. The Morgan fingerprint density at radius 1 is 1.22 bits per heavy atom. The Bertz CT molecular complexity index is 246. The van der Waals surface area contributed by atoms with Crippen LogP contribution in [0.5, 0.6) is 0 Å². The van der Waals surface area contributed by atoms with E-state index in [1.54, 1.807) is 0 Å². The summed E-state index contributed by atoms with van der Waals surface area (Å²) in [5, 5.41) is 21.9. The van der Waals surface area contributed by atoms with Gasteiger partial charge in [0.1, 0.15) is 0 Å². The van der Waals surface area contributed by atoms with Gasteiger partial charge >= 0.3 is 0 Å². The molecule has 3 unspecified atom stereocenters. The summed E-state index contributed by atoms with van der Waals surface area (Å²) in [6, 6.07) is 1.17. The Kier molecular flexibility index (Phi) is 5.01. The highest BCUT2D eigenvalue weighted by Crippen LogP contribution is 2.35. The lowest BCUT2D eigenvalue weighted by Crippen LogP contribution is -2.59. The summed E-state index contributed by atoms with van der Waals surface area (Å²) < 4.78 is 0. The highest BCUT2D eigenvalue weighted by atomic mass is 16.3. The predicted molar refractivity (Wildman–Crippen MR) is 72.4 cm³/mol. The zero-order chi connectivity index (χ0) is 13.1. The van der Waals surface area contributed by atoms with E-state index in [-0.39, 0.29) is 6.61 Å². The lowest BCUT2D eigenvalue weighted by atomic mass is 9.73. The third-order valence-electron chi connectivity index (χ3n) is 4.63. The van der Waals surface area contributed by atoms with E-state index in [1.807, 2.05) is 0 Å². The van der Waals surface area contributed by atoms with Crippen LogP contribution in [-0.4, -0.2) is 59.5 Å². The van der Waals surface area contributed by atoms with Gasteiger partial charge in [-0.1, -0.05) is 6.42 Å². The highest BCUT2D eigenvalue weighted by molar-refractivity contribution is 4.95. The minimum absolute atomic E-state index is 0.146. The van der Waals surface area contributed by atoms with Crippen molar-refractivity contribution in [3.63, 3.8) is 0 Å². The SMILES string of the molecule is CC(C)N1CC2CCCC(C1)C2NCC(O)CO. The van der Waals surface area contributed by atoms with Crippen molar-refractivity contribution in [1.29, 1.82) is 0 Å². The van der Waals surface area contributed by atoms with Gasteiger partial charge in [0.15, 0.2) is 0 Å². The number of hydrogen-bond donors (Lipinski definition) is 3. The summed E-state index contributed by atoms with van der Waals surface area (Å²) in [4.78, 5) is 2.59. The van der Waals surface area contributed by atoms with Crippen LogP contribution in [0.15, 0.2) is 0 Å². The highest BCUT2D eigenvalue weighted by Gasteiger charge is 2.39. The molecule has 1 saturated carbocycles. The van der Waals surface area contributed by atoms with E-state index in [0.29, 0.717) is 30.5 Å². The van der Waals surface area contributed by atoms with Gasteiger partial charge in [0.25, 0.3) is 0 Å². The smallest absolute Gasteiger partial charge is 0.0895 e. The molecule has 2 rings (SSSR count). The van der Waals surface area contributed by atoms with Gasteiger partial charge in [-0.3, -0.25) is 0 Å². The molecule has 2 bridgehead atoms. The first kappa shape index (κ1) is 14.3. The molecule has 4 nitrogen and oxygen atoms in total. The minimum atomic E-state index is -0.617. The molecule has 2 aliphatic rings. The molecule has 1 aliphatic heterocycles. The molecule has 0 spiro atoms. The quantitative estimate of drug-likeness (QED) is 0.668. The molecule has 2 fully saturated rings. The van der Waals surface area contributed by atoms with Gasteiger partial charge in [-0.2, -0.15) is 0 Å². The third kappa shape index (κ3) is 3.23. The molecule has 1 saturated heterocycles. The fourth-order valence-corrected chi connectivity index (χ4v) is 3.56. The van der Waals surface area contributed by atoms with Crippen molar-refractivity contribution in [2.75, 3.05) is 26.2 Å². The summed E-state index contributed by atoms with van der Waals surface area (Å²) in [5.41, 5.74) is 0. The summed E-state index contributed by atoms with van der Waals surface area (Å²) >= 11 is 0. The second-order valence-corrected chi connectivity index (χ2v) is 6.27. The average molecular weight is 256 g/mol. The maximum atomic E-state index is 9.47.